The monoisotopic (exact) mass is 500 g/mol. The number of methoxy groups -OCH3 is 1. The minimum absolute atomic E-state index is 0.0206. The summed E-state index contributed by atoms with van der Waals surface area (Å²) in [6, 6.07) is 3.67. The Bertz CT molecular complexity index is 1210. The predicted octanol–water partition coefficient (Wildman–Crippen LogP) is 3.74. The zero-order valence-corrected chi connectivity index (χ0v) is 18.6. The number of alkyl halides is 3. The van der Waals surface area contributed by atoms with E-state index in [1.165, 1.54) is 25.3 Å². The van der Waals surface area contributed by atoms with Crippen molar-refractivity contribution in [1.29, 1.82) is 0 Å². The number of thiophene rings is 1. The molecule has 3 heterocycles. The highest BCUT2D eigenvalue weighted by atomic mass is 32.2. The van der Waals surface area contributed by atoms with Gasteiger partial charge < -0.3 is 20.2 Å². The molecule has 3 rings (SSSR count). The molecule has 0 unspecified atom stereocenters. The fourth-order valence-electron chi connectivity index (χ4n) is 2.66. The number of ether oxygens (including phenoxy) is 1. The molecule has 0 atom stereocenters. The molecule has 0 aliphatic carbocycles. The van der Waals surface area contributed by atoms with Crippen molar-refractivity contribution in [2.24, 2.45) is 5.73 Å². The second kappa shape index (κ2) is 9.62. The maximum absolute atomic E-state index is 13.2. The van der Waals surface area contributed by atoms with Gasteiger partial charge in [-0.05, 0) is 30.7 Å². The summed E-state index contributed by atoms with van der Waals surface area (Å²) in [5.41, 5.74) is 4.24. The van der Waals surface area contributed by atoms with Gasteiger partial charge in [0.2, 0.25) is 5.91 Å². The van der Waals surface area contributed by atoms with Crippen LogP contribution in [0.5, 0.6) is 0 Å². The first-order valence-electron chi connectivity index (χ1n) is 8.95. The lowest BCUT2D eigenvalue weighted by Gasteiger charge is -2.09. The van der Waals surface area contributed by atoms with Crippen molar-refractivity contribution in [2.75, 3.05) is 18.2 Å². The Morgan fingerprint density at radius 1 is 1.30 bits per heavy atom. The van der Waals surface area contributed by atoms with E-state index < -0.39 is 29.7 Å². The second-order valence-corrected chi connectivity index (χ2v) is 8.31. The Labute approximate surface area is 192 Å². The SMILES string of the molecule is COC(=O)c1sc(NC(=O)CSc2nc(-c3ccco3)cc(C(F)(F)F)n2)c(C(N)=O)c1C. The van der Waals surface area contributed by atoms with Crippen LogP contribution in [0.25, 0.3) is 11.5 Å². The van der Waals surface area contributed by atoms with Crippen LogP contribution in [0.2, 0.25) is 0 Å². The largest absolute Gasteiger partial charge is 0.465 e. The van der Waals surface area contributed by atoms with Gasteiger partial charge in [-0.1, -0.05) is 11.8 Å². The molecular weight excluding hydrogens is 485 g/mol. The number of carbonyl (C=O) groups is 3. The number of halogens is 3. The molecule has 0 bridgehead atoms. The number of hydrogen-bond acceptors (Lipinski definition) is 9. The number of anilines is 1. The first kappa shape index (κ1) is 24.3. The normalized spacial score (nSPS) is 11.3. The van der Waals surface area contributed by atoms with E-state index in [4.69, 9.17) is 10.2 Å². The molecule has 14 heteroatoms. The zero-order valence-electron chi connectivity index (χ0n) is 17.0. The molecule has 9 nitrogen and oxygen atoms in total. The second-order valence-electron chi connectivity index (χ2n) is 6.35. The summed E-state index contributed by atoms with van der Waals surface area (Å²) in [6.45, 7) is 1.47. The summed E-state index contributed by atoms with van der Waals surface area (Å²) < 4.78 is 49.5. The fourth-order valence-corrected chi connectivity index (χ4v) is 4.47. The number of furan rings is 1. The van der Waals surface area contributed by atoms with E-state index >= 15 is 0 Å². The van der Waals surface area contributed by atoms with Crippen LogP contribution in [0.4, 0.5) is 18.2 Å². The minimum Gasteiger partial charge on any atom is -0.465 e. The summed E-state index contributed by atoms with van der Waals surface area (Å²) in [5, 5.41) is 2.16. The number of aromatic nitrogens is 2. The number of nitrogens with zero attached hydrogens (tertiary/aromatic N) is 2. The molecule has 0 aliphatic rings. The Morgan fingerprint density at radius 2 is 2.03 bits per heavy atom. The molecule has 33 heavy (non-hydrogen) atoms. The van der Waals surface area contributed by atoms with Crippen LogP contribution in [0.1, 0.15) is 31.3 Å². The molecule has 174 valence electrons. The first-order chi connectivity index (χ1) is 15.5. The van der Waals surface area contributed by atoms with Gasteiger partial charge in [0.25, 0.3) is 5.91 Å². The third-order valence-corrected chi connectivity index (χ3v) is 6.15. The van der Waals surface area contributed by atoms with Crippen molar-refractivity contribution in [1.82, 2.24) is 9.97 Å². The average Bonchev–Trinajstić information content (AvgIpc) is 3.39. The molecule has 0 aliphatic heterocycles. The maximum Gasteiger partial charge on any atom is 0.433 e. The van der Waals surface area contributed by atoms with Crippen molar-refractivity contribution >= 4 is 45.9 Å². The predicted molar refractivity (Wildman–Crippen MR) is 113 cm³/mol. The molecule has 0 radical (unpaired) electrons. The van der Waals surface area contributed by atoms with Gasteiger partial charge in [0.1, 0.15) is 21.3 Å². The molecule has 0 saturated carbocycles. The van der Waals surface area contributed by atoms with Gasteiger partial charge in [-0.15, -0.1) is 11.3 Å². The highest BCUT2D eigenvalue weighted by Crippen LogP contribution is 2.34. The summed E-state index contributed by atoms with van der Waals surface area (Å²) in [5.74, 6) is -2.55. The Hall–Kier alpha value is -3.39. The van der Waals surface area contributed by atoms with Crippen molar-refractivity contribution in [3.8, 4) is 11.5 Å². The standard InChI is InChI=1S/C19H15F3N4O5S2/c1-8-13(15(23)28)16(33-14(8)17(29)30-2)26-12(27)7-32-18-24-9(10-4-3-5-31-10)6-11(25-18)19(20,21)22/h3-6H,7H2,1-2H3,(H2,23,28)(H,26,27). The maximum atomic E-state index is 13.2. The number of nitrogens with one attached hydrogen (secondary N) is 1. The lowest BCUT2D eigenvalue weighted by Crippen LogP contribution is -2.19. The number of amides is 2. The topological polar surface area (TPSA) is 137 Å². The molecule has 3 aromatic rings. The van der Waals surface area contributed by atoms with Crippen LogP contribution < -0.4 is 11.1 Å². The molecule has 0 fully saturated rings. The van der Waals surface area contributed by atoms with Gasteiger partial charge in [0.05, 0.1) is 24.7 Å². The van der Waals surface area contributed by atoms with Gasteiger partial charge in [0.15, 0.2) is 10.9 Å². The summed E-state index contributed by atoms with van der Waals surface area (Å²) in [4.78, 5) is 43.6. The Kier molecular flexibility index (Phi) is 7.07. The van der Waals surface area contributed by atoms with Gasteiger partial charge in [0, 0.05) is 0 Å². The van der Waals surface area contributed by atoms with Gasteiger partial charge in [-0.3, -0.25) is 9.59 Å². The van der Waals surface area contributed by atoms with Gasteiger partial charge in [-0.2, -0.15) is 13.2 Å². The van der Waals surface area contributed by atoms with Crippen molar-refractivity contribution in [3.05, 3.63) is 46.2 Å². The molecule has 3 aromatic heterocycles. The van der Waals surface area contributed by atoms with Crippen LogP contribution in [0, 0.1) is 6.92 Å². The van der Waals surface area contributed by atoms with Crippen LogP contribution >= 0.6 is 23.1 Å². The van der Waals surface area contributed by atoms with E-state index in [0.29, 0.717) is 11.8 Å². The van der Waals surface area contributed by atoms with E-state index in [1.807, 2.05) is 0 Å². The molecule has 2 amide bonds. The number of primary amides is 1. The highest BCUT2D eigenvalue weighted by Gasteiger charge is 2.34. The zero-order chi connectivity index (χ0) is 24.3. The van der Waals surface area contributed by atoms with Crippen molar-refractivity contribution < 1.29 is 36.7 Å². The van der Waals surface area contributed by atoms with E-state index in [1.54, 1.807) is 0 Å². The van der Waals surface area contributed by atoms with Crippen molar-refractivity contribution in [2.45, 2.75) is 18.3 Å². The molecular formula is C19H15F3N4O5S2. The molecule has 0 saturated heterocycles. The molecule has 0 spiro atoms. The van der Waals surface area contributed by atoms with E-state index in [0.717, 1.165) is 24.5 Å². The minimum atomic E-state index is -4.74. The smallest absolute Gasteiger partial charge is 0.433 e. The van der Waals surface area contributed by atoms with Crippen LogP contribution in [0.3, 0.4) is 0 Å². The average molecular weight is 500 g/mol. The Morgan fingerprint density at radius 3 is 2.61 bits per heavy atom. The number of nitrogens with two attached hydrogens (primary N) is 1. The van der Waals surface area contributed by atoms with E-state index in [2.05, 4.69) is 20.0 Å². The lowest BCUT2D eigenvalue weighted by molar-refractivity contribution is -0.141. The number of esters is 1. The lowest BCUT2D eigenvalue weighted by atomic mass is 10.1. The third-order valence-electron chi connectivity index (χ3n) is 4.12. The molecule has 0 aromatic carbocycles. The van der Waals surface area contributed by atoms with Crippen LogP contribution in [-0.2, 0) is 15.7 Å². The first-order valence-corrected chi connectivity index (χ1v) is 10.8. The molecule has 3 N–H and O–H groups in total. The number of rotatable bonds is 7. The Balaban J connectivity index is 1.81. The van der Waals surface area contributed by atoms with Gasteiger partial charge >= 0.3 is 12.1 Å². The van der Waals surface area contributed by atoms with Crippen molar-refractivity contribution in [3.63, 3.8) is 0 Å². The van der Waals surface area contributed by atoms with Crippen LogP contribution in [0.15, 0.2) is 34.0 Å². The number of thioether (sulfide) groups is 1. The van der Waals surface area contributed by atoms with E-state index in [9.17, 15) is 27.6 Å². The number of hydrogen-bond donors (Lipinski definition) is 2. The van der Waals surface area contributed by atoms with Gasteiger partial charge in [-0.25, -0.2) is 14.8 Å². The summed E-state index contributed by atoms with van der Waals surface area (Å²) in [7, 11) is 1.16. The third kappa shape index (κ3) is 5.51. The summed E-state index contributed by atoms with van der Waals surface area (Å²) >= 11 is 1.44. The quantitative estimate of drug-likeness (QED) is 0.284. The van der Waals surface area contributed by atoms with E-state index in [-0.39, 0.29) is 43.4 Å². The fraction of sp³-hybridized carbons (Fsp3) is 0.211. The van der Waals surface area contributed by atoms with Crippen LogP contribution in [-0.4, -0.2) is 40.6 Å². The number of carbonyl (C=O) groups excluding carboxylic acids is 3. The summed E-state index contributed by atoms with van der Waals surface area (Å²) in [6.07, 6.45) is -3.45. The highest BCUT2D eigenvalue weighted by molar-refractivity contribution is 7.99.